The molecule has 0 saturated carbocycles. The maximum atomic E-state index is 12.6. The molecule has 3 aromatic carbocycles. The van der Waals surface area contributed by atoms with E-state index in [0.717, 1.165) is 9.87 Å². The highest BCUT2D eigenvalue weighted by Crippen LogP contribution is 2.36. The molecule has 0 fully saturated rings. The van der Waals surface area contributed by atoms with E-state index in [4.69, 9.17) is 4.74 Å². The number of hydrogen-bond donors (Lipinski definition) is 1. The Balaban J connectivity index is 2.02. The van der Waals surface area contributed by atoms with E-state index in [1.165, 1.54) is 13.2 Å². The fourth-order valence-electron chi connectivity index (χ4n) is 2.77. The number of hydrogen-bond acceptors (Lipinski definition) is 4. The molecule has 1 unspecified atom stereocenters. The number of para-hydroxylation sites is 1. The van der Waals surface area contributed by atoms with Crippen LogP contribution in [0.15, 0.2) is 72.8 Å². The van der Waals surface area contributed by atoms with Crippen LogP contribution in [0.4, 0.5) is 17.1 Å². The Bertz CT molecular complexity index is 1010. The van der Waals surface area contributed by atoms with Gasteiger partial charge in [-0.15, -0.1) is 0 Å². The highest BCUT2D eigenvalue weighted by molar-refractivity contribution is 7.81. The van der Waals surface area contributed by atoms with Crippen molar-refractivity contribution in [2.24, 2.45) is 0 Å². The third-order valence-electron chi connectivity index (χ3n) is 4.08. The number of anilines is 3. The molecule has 0 heterocycles. The first-order chi connectivity index (χ1) is 13.5. The van der Waals surface area contributed by atoms with Gasteiger partial charge in [0.05, 0.1) is 29.8 Å². The van der Waals surface area contributed by atoms with E-state index in [1.807, 2.05) is 31.2 Å². The molecule has 0 aliphatic heterocycles. The fraction of sp³-hybridized carbons (Fsp3) is 0.0952. The molecule has 1 atom stereocenters. The summed E-state index contributed by atoms with van der Waals surface area (Å²) in [5, 5.41) is 2.79. The highest BCUT2D eigenvalue weighted by Gasteiger charge is 2.18. The number of methoxy groups -OCH3 is 1. The summed E-state index contributed by atoms with van der Waals surface area (Å²) < 4.78 is 30.5. The van der Waals surface area contributed by atoms with Crippen LogP contribution >= 0.6 is 0 Å². The predicted octanol–water partition coefficient (Wildman–Crippen LogP) is 4.19. The lowest BCUT2D eigenvalue weighted by Gasteiger charge is -2.28. The van der Waals surface area contributed by atoms with Crippen molar-refractivity contribution in [1.29, 1.82) is 0 Å². The number of ether oxygens (including phenoxy) is 1. The van der Waals surface area contributed by atoms with Crippen molar-refractivity contribution in [2.45, 2.75) is 6.92 Å². The zero-order valence-electron chi connectivity index (χ0n) is 15.4. The predicted molar refractivity (Wildman–Crippen MR) is 110 cm³/mol. The Hall–Kier alpha value is -3.16. The largest absolute Gasteiger partial charge is 0.755 e. The molecule has 0 bridgehead atoms. The number of nitrogens with zero attached hydrogens (tertiary/aromatic N) is 1. The number of benzene rings is 3. The first-order valence-corrected chi connectivity index (χ1v) is 9.53. The summed E-state index contributed by atoms with van der Waals surface area (Å²) >= 11 is -2.61. The summed E-state index contributed by atoms with van der Waals surface area (Å²) in [5.74, 6) is -0.0158. The lowest BCUT2D eigenvalue weighted by molar-refractivity contribution is 0.102. The van der Waals surface area contributed by atoms with Crippen molar-refractivity contribution in [3.8, 4) is 5.75 Å². The van der Waals surface area contributed by atoms with Crippen LogP contribution in [0.25, 0.3) is 0 Å². The third-order valence-corrected chi connectivity index (χ3v) is 4.78. The van der Waals surface area contributed by atoms with Crippen LogP contribution in [-0.4, -0.2) is 21.8 Å². The van der Waals surface area contributed by atoms with Crippen molar-refractivity contribution in [3.05, 3.63) is 83.9 Å². The zero-order chi connectivity index (χ0) is 20.1. The second kappa shape index (κ2) is 8.69. The van der Waals surface area contributed by atoms with E-state index < -0.39 is 11.3 Å². The summed E-state index contributed by atoms with van der Waals surface area (Å²) in [7, 11) is 1.45. The number of carbonyl (C=O) groups excluding carboxylic acids is 1. The first-order valence-electron chi connectivity index (χ1n) is 8.50. The lowest BCUT2D eigenvalue weighted by atomic mass is 10.1. The van der Waals surface area contributed by atoms with Gasteiger partial charge in [0.2, 0.25) is 0 Å². The summed E-state index contributed by atoms with van der Waals surface area (Å²) in [5.41, 5.74) is 2.56. The molecule has 6 nitrogen and oxygen atoms in total. The van der Waals surface area contributed by atoms with E-state index >= 15 is 0 Å². The molecular formula is C21H19N2O4S-. The SMILES string of the molecule is COc1ccc(C(=O)Nc2ccccc2)cc1N(c1cccc(C)c1)S(=O)[O-]. The molecule has 0 spiro atoms. The number of nitrogens with one attached hydrogen (secondary N) is 1. The van der Waals surface area contributed by atoms with Gasteiger partial charge in [-0.3, -0.25) is 13.3 Å². The molecule has 1 N–H and O–H groups in total. The van der Waals surface area contributed by atoms with E-state index in [9.17, 15) is 13.6 Å². The molecule has 144 valence electrons. The molecule has 28 heavy (non-hydrogen) atoms. The molecule has 0 saturated heterocycles. The quantitative estimate of drug-likeness (QED) is 0.635. The number of carbonyl (C=O) groups is 1. The average Bonchev–Trinajstić information content (AvgIpc) is 2.68. The van der Waals surface area contributed by atoms with Gasteiger partial charge in [-0.25, -0.2) is 0 Å². The Morgan fingerprint density at radius 2 is 1.79 bits per heavy atom. The van der Waals surface area contributed by atoms with Gasteiger partial charge < -0.3 is 14.6 Å². The van der Waals surface area contributed by atoms with Crippen LogP contribution in [0.2, 0.25) is 0 Å². The van der Waals surface area contributed by atoms with Gasteiger partial charge >= 0.3 is 0 Å². The minimum absolute atomic E-state index is 0.252. The smallest absolute Gasteiger partial charge is 0.255 e. The summed E-state index contributed by atoms with van der Waals surface area (Å²) in [6.45, 7) is 1.87. The van der Waals surface area contributed by atoms with E-state index in [0.29, 0.717) is 22.7 Å². The van der Waals surface area contributed by atoms with E-state index in [-0.39, 0.29) is 11.6 Å². The van der Waals surface area contributed by atoms with Gasteiger partial charge in [0.1, 0.15) is 5.75 Å². The second-order valence-corrected chi connectivity index (χ2v) is 6.86. The van der Waals surface area contributed by atoms with Crippen molar-refractivity contribution in [2.75, 3.05) is 16.7 Å². The molecule has 0 aromatic heterocycles. The molecule has 3 rings (SSSR count). The molecule has 1 amide bonds. The number of aryl methyl sites for hydroxylation is 1. The van der Waals surface area contributed by atoms with Gasteiger partial charge in [-0.2, -0.15) is 0 Å². The monoisotopic (exact) mass is 395 g/mol. The topological polar surface area (TPSA) is 81.7 Å². The zero-order valence-corrected chi connectivity index (χ0v) is 16.2. The molecule has 7 heteroatoms. The minimum atomic E-state index is -2.61. The standard InChI is InChI=1S/C21H20N2O4S/c1-15-7-6-10-18(13-15)23(28(25)26)19-14-16(11-12-20(19)27-2)21(24)22-17-8-4-3-5-9-17/h3-14H,1-2H3,(H,22,24)(H,25,26)/p-1. The lowest BCUT2D eigenvalue weighted by Crippen LogP contribution is -2.21. The number of amides is 1. The van der Waals surface area contributed by atoms with E-state index in [2.05, 4.69) is 5.32 Å². The summed E-state index contributed by atoms with van der Waals surface area (Å²) in [6.07, 6.45) is 0. The van der Waals surface area contributed by atoms with Crippen molar-refractivity contribution < 1.29 is 18.3 Å². The molecule has 0 radical (unpaired) electrons. The Morgan fingerprint density at radius 1 is 1.04 bits per heavy atom. The molecular weight excluding hydrogens is 376 g/mol. The van der Waals surface area contributed by atoms with Crippen LogP contribution in [0, 0.1) is 6.92 Å². The van der Waals surface area contributed by atoms with Crippen molar-refractivity contribution in [3.63, 3.8) is 0 Å². The Labute approximate surface area is 166 Å². The van der Waals surface area contributed by atoms with Gasteiger partial charge in [-0.05, 0) is 55.0 Å². The first kappa shape index (κ1) is 19.6. The summed E-state index contributed by atoms with van der Waals surface area (Å²) in [6, 6.07) is 20.7. The van der Waals surface area contributed by atoms with Crippen LogP contribution in [0.5, 0.6) is 5.75 Å². The number of rotatable bonds is 6. The average molecular weight is 395 g/mol. The Kier molecular flexibility index (Phi) is 6.08. The van der Waals surface area contributed by atoms with Crippen LogP contribution in [0.3, 0.4) is 0 Å². The van der Waals surface area contributed by atoms with Crippen molar-refractivity contribution in [1.82, 2.24) is 0 Å². The maximum absolute atomic E-state index is 12.6. The maximum Gasteiger partial charge on any atom is 0.255 e. The van der Waals surface area contributed by atoms with Gasteiger partial charge in [0.15, 0.2) is 0 Å². The van der Waals surface area contributed by atoms with Gasteiger partial charge in [0.25, 0.3) is 5.91 Å². The van der Waals surface area contributed by atoms with Gasteiger partial charge in [-0.1, -0.05) is 30.3 Å². The normalized spacial score (nSPS) is 11.5. The molecule has 0 aliphatic rings. The highest BCUT2D eigenvalue weighted by atomic mass is 32.2. The van der Waals surface area contributed by atoms with Gasteiger partial charge in [0, 0.05) is 11.3 Å². The third kappa shape index (κ3) is 4.39. The van der Waals surface area contributed by atoms with Crippen LogP contribution < -0.4 is 14.4 Å². The fourth-order valence-corrected chi connectivity index (χ4v) is 3.36. The van der Waals surface area contributed by atoms with Crippen LogP contribution in [0.1, 0.15) is 15.9 Å². The summed E-state index contributed by atoms with van der Waals surface area (Å²) in [4.78, 5) is 12.6. The van der Waals surface area contributed by atoms with Crippen molar-refractivity contribution >= 4 is 34.2 Å². The molecule has 3 aromatic rings. The van der Waals surface area contributed by atoms with Crippen LogP contribution in [-0.2, 0) is 11.3 Å². The molecule has 0 aliphatic carbocycles. The van der Waals surface area contributed by atoms with E-state index in [1.54, 1.807) is 42.5 Å². The Morgan fingerprint density at radius 3 is 2.43 bits per heavy atom. The second-order valence-electron chi connectivity index (χ2n) is 6.06. The minimum Gasteiger partial charge on any atom is -0.755 e.